The molecule has 0 bridgehead atoms. The van der Waals surface area contributed by atoms with E-state index in [-0.39, 0.29) is 5.91 Å². The molecule has 0 spiro atoms. The number of halogens is 1. The van der Waals surface area contributed by atoms with E-state index >= 15 is 0 Å². The highest BCUT2D eigenvalue weighted by Gasteiger charge is 2.22. The Morgan fingerprint density at radius 1 is 1.14 bits per heavy atom. The van der Waals surface area contributed by atoms with Crippen LogP contribution in [0.1, 0.15) is 15.9 Å². The van der Waals surface area contributed by atoms with Crippen LogP contribution in [0, 0.1) is 0 Å². The number of nitrogens with one attached hydrogen (secondary N) is 1. The molecular weight excluding hydrogens is 404 g/mol. The first kappa shape index (κ1) is 19.9. The first-order chi connectivity index (χ1) is 14.1. The maximum atomic E-state index is 13.0. The van der Waals surface area contributed by atoms with Crippen LogP contribution >= 0.6 is 22.9 Å². The molecular formula is C22H23ClN4OS. The monoisotopic (exact) mass is 426 g/mol. The van der Waals surface area contributed by atoms with E-state index < -0.39 is 0 Å². The minimum absolute atomic E-state index is 0.121. The summed E-state index contributed by atoms with van der Waals surface area (Å²) in [6.45, 7) is 4.04. The van der Waals surface area contributed by atoms with Crippen LogP contribution in [0.15, 0.2) is 53.9 Å². The number of carbonyl (C=O) groups is 1. The van der Waals surface area contributed by atoms with Gasteiger partial charge in [-0.2, -0.15) is 0 Å². The average Bonchev–Trinajstić information content (AvgIpc) is 3.27. The number of hydrogen-bond acceptors (Lipinski definition) is 5. The Morgan fingerprint density at radius 3 is 2.69 bits per heavy atom. The lowest BCUT2D eigenvalue weighted by molar-refractivity contribution is 0.0951. The molecule has 1 amide bonds. The highest BCUT2D eigenvalue weighted by molar-refractivity contribution is 7.13. The van der Waals surface area contributed by atoms with E-state index in [0.29, 0.717) is 17.1 Å². The SMILES string of the molecule is CN1CCN(c2nc(-c3cccs3)ccc2C(=O)NCc2cccc(Cl)c2)CC1. The molecule has 7 heteroatoms. The zero-order valence-electron chi connectivity index (χ0n) is 16.3. The Balaban J connectivity index is 1.59. The predicted molar refractivity (Wildman–Crippen MR) is 120 cm³/mol. The van der Waals surface area contributed by atoms with Gasteiger partial charge < -0.3 is 15.1 Å². The third-order valence-corrected chi connectivity index (χ3v) is 6.17. The Morgan fingerprint density at radius 2 is 1.97 bits per heavy atom. The molecule has 0 saturated carbocycles. The van der Waals surface area contributed by atoms with Crippen molar-refractivity contribution in [2.24, 2.45) is 0 Å². The van der Waals surface area contributed by atoms with Gasteiger partial charge in [-0.3, -0.25) is 4.79 Å². The van der Waals surface area contributed by atoms with Gasteiger partial charge in [0.25, 0.3) is 5.91 Å². The topological polar surface area (TPSA) is 48.5 Å². The lowest BCUT2D eigenvalue weighted by Crippen LogP contribution is -2.45. The summed E-state index contributed by atoms with van der Waals surface area (Å²) in [5.74, 6) is 0.636. The van der Waals surface area contributed by atoms with Gasteiger partial charge in [0.2, 0.25) is 0 Å². The Bertz CT molecular complexity index is 984. The summed E-state index contributed by atoms with van der Waals surface area (Å²) < 4.78 is 0. The van der Waals surface area contributed by atoms with Crippen LogP contribution in [0.5, 0.6) is 0 Å². The van der Waals surface area contributed by atoms with Crippen LogP contribution in [0.3, 0.4) is 0 Å². The van der Waals surface area contributed by atoms with Gasteiger partial charge in [-0.05, 0) is 48.3 Å². The van der Waals surface area contributed by atoms with E-state index in [9.17, 15) is 4.79 Å². The van der Waals surface area contributed by atoms with Crippen molar-refractivity contribution in [3.63, 3.8) is 0 Å². The molecule has 3 aromatic rings. The van der Waals surface area contributed by atoms with Gasteiger partial charge in [-0.1, -0.05) is 29.8 Å². The number of thiophene rings is 1. The zero-order valence-corrected chi connectivity index (χ0v) is 17.8. The van der Waals surface area contributed by atoms with E-state index in [1.807, 2.05) is 47.8 Å². The van der Waals surface area contributed by atoms with Crippen LogP contribution in [-0.2, 0) is 6.54 Å². The summed E-state index contributed by atoms with van der Waals surface area (Å²) in [6.07, 6.45) is 0. The van der Waals surface area contributed by atoms with Crippen molar-refractivity contribution in [3.8, 4) is 10.6 Å². The molecule has 1 aliphatic rings. The van der Waals surface area contributed by atoms with Crippen molar-refractivity contribution >= 4 is 34.7 Å². The third kappa shape index (κ3) is 4.78. The van der Waals surface area contributed by atoms with Gasteiger partial charge >= 0.3 is 0 Å². The first-order valence-electron chi connectivity index (χ1n) is 9.61. The van der Waals surface area contributed by atoms with Gasteiger partial charge in [0.05, 0.1) is 16.1 Å². The third-order valence-electron chi connectivity index (χ3n) is 5.04. The van der Waals surface area contributed by atoms with Crippen LogP contribution in [0.25, 0.3) is 10.6 Å². The van der Waals surface area contributed by atoms with Gasteiger partial charge in [0, 0.05) is 37.7 Å². The van der Waals surface area contributed by atoms with Gasteiger partial charge in [-0.25, -0.2) is 4.98 Å². The van der Waals surface area contributed by atoms with Crippen LogP contribution in [0.4, 0.5) is 5.82 Å². The zero-order chi connectivity index (χ0) is 20.2. The summed E-state index contributed by atoms with van der Waals surface area (Å²) >= 11 is 7.70. The van der Waals surface area contributed by atoms with Gasteiger partial charge in [-0.15, -0.1) is 11.3 Å². The Labute approximate surface area is 179 Å². The fraction of sp³-hybridized carbons (Fsp3) is 0.273. The summed E-state index contributed by atoms with van der Waals surface area (Å²) in [6, 6.07) is 15.4. The number of carbonyl (C=O) groups excluding carboxylic acids is 1. The maximum Gasteiger partial charge on any atom is 0.255 e. The highest BCUT2D eigenvalue weighted by atomic mass is 35.5. The van der Waals surface area contributed by atoms with E-state index in [2.05, 4.69) is 28.2 Å². The molecule has 4 rings (SSSR count). The number of aromatic nitrogens is 1. The minimum Gasteiger partial charge on any atom is -0.353 e. The molecule has 1 aromatic carbocycles. The second-order valence-corrected chi connectivity index (χ2v) is 8.53. The molecule has 0 radical (unpaired) electrons. The van der Waals surface area contributed by atoms with Gasteiger partial charge in [0.15, 0.2) is 0 Å². The molecule has 0 unspecified atom stereocenters. The smallest absolute Gasteiger partial charge is 0.255 e. The van der Waals surface area contributed by atoms with Gasteiger partial charge in [0.1, 0.15) is 5.82 Å². The lowest BCUT2D eigenvalue weighted by atomic mass is 10.1. The summed E-state index contributed by atoms with van der Waals surface area (Å²) in [4.78, 5) is 23.5. The summed E-state index contributed by atoms with van der Waals surface area (Å²) in [5.41, 5.74) is 2.48. The number of amides is 1. The second-order valence-electron chi connectivity index (χ2n) is 7.15. The van der Waals surface area contributed by atoms with E-state index in [0.717, 1.165) is 48.1 Å². The molecule has 150 valence electrons. The predicted octanol–water partition coefficient (Wildman–Crippen LogP) is 4.15. The fourth-order valence-electron chi connectivity index (χ4n) is 3.37. The lowest BCUT2D eigenvalue weighted by Gasteiger charge is -2.34. The van der Waals surface area contributed by atoms with E-state index in [1.54, 1.807) is 11.3 Å². The van der Waals surface area contributed by atoms with Crippen molar-refractivity contribution in [1.82, 2.24) is 15.2 Å². The van der Waals surface area contributed by atoms with Crippen molar-refractivity contribution < 1.29 is 4.79 Å². The normalized spacial score (nSPS) is 14.8. The number of nitrogens with zero attached hydrogens (tertiary/aromatic N) is 3. The van der Waals surface area contributed by atoms with E-state index in [4.69, 9.17) is 16.6 Å². The molecule has 1 aliphatic heterocycles. The number of likely N-dealkylation sites (N-methyl/N-ethyl adjacent to an activating group) is 1. The Kier molecular flexibility index (Phi) is 6.13. The van der Waals surface area contributed by atoms with E-state index in [1.165, 1.54) is 0 Å². The van der Waals surface area contributed by atoms with Crippen molar-refractivity contribution in [1.29, 1.82) is 0 Å². The van der Waals surface area contributed by atoms with Crippen molar-refractivity contribution in [2.45, 2.75) is 6.54 Å². The van der Waals surface area contributed by atoms with Crippen LogP contribution in [-0.4, -0.2) is 49.0 Å². The largest absolute Gasteiger partial charge is 0.353 e. The maximum absolute atomic E-state index is 13.0. The number of piperazine rings is 1. The number of hydrogen-bond donors (Lipinski definition) is 1. The molecule has 29 heavy (non-hydrogen) atoms. The summed E-state index contributed by atoms with van der Waals surface area (Å²) in [5, 5.41) is 5.72. The number of benzene rings is 1. The molecule has 2 aromatic heterocycles. The molecule has 3 heterocycles. The summed E-state index contributed by atoms with van der Waals surface area (Å²) in [7, 11) is 2.12. The second kappa shape index (κ2) is 8.95. The molecule has 0 atom stereocenters. The quantitative estimate of drug-likeness (QED) is 0.666. The Hall–Kier alpha value is -2.41. The molecule has 1 saturated heterocycles. The van der Waals surface area contributed by atoms with Crippen LogP contribution in [0.2, 0.25) is 5.02 Å². The van der Waals surface area contributed by atoms with Crippen molar-refractivity contribution in [2.75, 3.05) is 38.1 Å². The number of anilines is 1. The average molecular weight is 427 g/mol. The molecule has 0 aliphatic carbocycles. The minimum atomic E-state index is -0.121. The van der Waals surface area contributed by atoms with Crippen molar-refractivity contribution in [3.05, 3.63) is 70.1 Å². The standard InChI is InChI=1S/C22H23ClN4OS/c1-26-9-11-27(12-10-26)21-18(7-8-19(25-21)20-6-3-13-29-20)22(28)24-15-16-4-2-5-17(23)14-16/h2-8,13-14H,9-12,15H2,1H3,(H,24,28). The first-order valence-corrected chi connectivity index (χ1v) is 10.9. The number of pyridine rings is 1. The molecule has 1 N–H and O–H groups in total. The molecule has 1 fully saturated rings. The fourth-order valence-corrected chi connectivity index (χ4v) is 4.28. The van der Waals surface area contributed by atoms with Crippen LogP contribution < -0.4 is 10.2 Å². The highest BCUT2D eigenvalue weighted by Crippen LogP contribution is 2.28. The molecule has 5 nitrogen and oxygen atoms in total. The number of rotatable bonds is 5.